The maximum absolute atomic E-state index is 12.6. The Labute approximate surface area is 157 Å². The van der Waals surface area contributed by atoms with Gasteiger partial charge in [0.25, 0.3) is 5.91 Å². The Balaban J connectivity index is 1.75. The molecule has 0 aliphatic carbocycles. The van der Waals surface area contributed by atoms with Crippen molar-refractivity contribution in [3.63, 3.8) is 0 Å². The van der Waals surface area contributed by atoms with Gasteiger partial charge in [-0.25, -0.2) is 13.4 Å². The molecule has 0 unspecified atom stereocenters. The molecule has 27 heavy (non-hydrogen) atoms. The number of hydrogen-bond acceptors (Lipinski definition) is 5. The first-order chi connectivity index (χ1) is 12.9. The van der Waals surface area contributed by atoms with Gasteiger partial charge in [-0.05, 0) is 48.5 Å². The van der Waals surface area contributed by atoms with E-state index in [1.807, 2.05) is 18.2 Å². The number of sulfonamides is 1. The number of para-hydroxylation sites is 1. The lowest BCUT2D eigenvalue weighted by Gasteiger charge is -2.11. The molecule has 138 valence electrons. The zero-order valence-corrected chi connectivity index (χ0v) is 15.2. The highest BCUT2D eigenvalue weighted by atomic mass is 32.2. The minimum absolute atomic E-state index is 0.191. The summed E-state index contributed by atoms with van der Waals surface area (Å²) in [6, 6.07) is 18.6. The van der Waals surface area contributed by atoms with Crippen LogP contribution in [0.5, 0.6) is 11.6 Å². The molecule has 2 N–H and O–H groups in total. The Bertz CT molecular complexity index is 1040. The summed E-state index contributed by atoms with van der Waals surface area (Å²) in [6.07, 6.45) is 2.61. The minimum atomic E-state index is -3.35. The van der Waals surface area contributed by atoms with Crippen molar-refractivity contribution in [1.82, 2.24) is 4.98 Å². The number of nitrogens with zero attached hydrogens (tertiary/aromatic N) is 1. The number of amides is 1. The maximum Gasteiger partial charge on any atom is 0.261 e. The molecule has 0 radical (unpaired) electrons. The number of anilines is 2. The van der Waals surface area contributed by atoms with Crippen LogP contribution in [0.25, 0.3) is 0 Å². The van der Waals surface area contributed by atoms with Crippen molar-refractivity contribution in [1.29, 1.82) is 0 Å². The van der Waals surface area contributed by atoms with Crippen LogP contribution in [-0.4, -0.2) is 25.6 Å². The molecule has 0 aliphatic rings. The summed E-state index contributed by atoms with van der Waals surface area (Å²) >= 11 is 0. The molecule has 0 bridgehead atoms. The molecular formula is C19H17N3O4S. The normalized spacial score (nSPS) is 10.9. The monoisotopic (exact) mass is 383 g/mol. The Morgan fingerprint density at radius 1 is 0.926 bits per heavy atom. The SMILES string of the molecule is CS(=O)(=O)Nc1ccc(NC(=O)c2cccnc2Oc2ccccc2)cc1. The van der Waals surface area contributed by atoms with Gasteiger partial charge in [-0.15, -0.1) is 0 Å². The number of nitrogens with one attached hydrogen (secondary N) is 2. The van der Waals surface area contributed by atoms with E-state index in [4.69, 9.17) is 4.74 Å². The quantitative estimate of drug-likeness (QED) is 0.679. The van der Waals surface area contributed by atoms with E-state index >= 15 is 0 Å². The van der Waals surface area contributed by atoms with Crippen LogP contribution in [0.4, 0.5) is 11.4 Å². The van der Waals surface area contributed by atoms with E-state index in [9.17, 15) is 13.2 Å². The van der Waals surface area contributed by atoms with Crippen LogP contribution in [0.3, 0.4) is 0 Å². The summed E-state index contributed by atoms with van der Waals surface area (Å²) in [5.74, 6) is 0.371. The highest BCUT2D eigenvalue weighted by Gasteiger charge is 2.14. The second-order valence-corrected chi connectivity index (χ2v) is 7.43. The van der Waals surface area contributed by atoms with Crippen molar-refractivity contribution in [3.05, 3.63) is 78.5 Å². The molecule has 1 heterocycles. The van der Waals surface area contributed by atoms with Crippen molar-refractivity contribution in [2.24, 2.45) is 0 Å². The largest absolute Gasteiger partial charge is 0.438 e. The second kappa shape index (κ2) is 7.88. The predicted molar refractivity (Wildman–Crippen MR) is 104 cm³/mol. The Kier molecular flexibility index (Phi) is 5.37. The lowest BCUT2D eigenvalue weighted by atomic mass is 10.2. The van der Waals surface area contributed by atoms with Gasteiger partial charge in [0.1, 0.15) is 11.3 Å². The molecule has 8 heteroatoms. The van der Waals surface area contributed by atoms with Gasteiger partial charge >= 0.3 is 0 Å². The van der Waals surface area contributed by atoms with E-state index in [-0.39, 0.29) is 11.4 Å². The fourth-order valence-corrected chi connectivity index (χ4v) is 2.84. The first kappa shape index (κ1) is 18.4. The average molecular weight is 383 g/mol. The van der Waals surface area contributed by atoms with E-state index in [0.29, 0.717) is 17.1 Å². The van der Waals surface area contributed by atoms with Crippen molar-refractivity contribution in [3.8, 4) is 11.6 Å². The Morgan fingerprint density at radius 3 is 2.26 bits per heavy atom. The van der Waals surface area contributed by atoms with Crippen LogP contribution in [-0.2, 0) is 10.0 Å². The summed E-state index contributed by atoms with van der Waals surface area (Å²) in [5.41, 5.74) is 1.19. The van der Waals surface area contributed by atoms with Crippen molar-refractivity contribution in [2.75, 3.05) is 16.3 Å². The van der Waals surface area contributed by atoms with Crippen LogP contribution in [0, 0.1) is 0 Å². The van der Waals surface area contributed by atoms with E-state index in [1.54, 1.807) is 54.7 Å². The average Bonchev–Trinajstić information content (AvgIpc) is 2.63. The number of ether oxygens (including phenoxy) is 1. The summed E-state index contributed by atoms with van der Waals surface area (Å²) < 4.78 is 30.5. The molecule has 3 aromatic rings. The third-order valence-electron chi connectivity index (χ3n) is 3.42. The first-order valence-corrected chi connectivity index (χ1v) is 9.87. The van der Waals surface area contributed by atoms with Crippen LogP contribution in [0.1, 0.15) is 10.4 Å². The molecule has 0 aliphatic heterocycles. The van der Waals surface area contributed by atoms with Gasteiger partial charge in [0, 0.05) is 17.6 Å². The van der Waals surface area contributed by atoms with Gasteiger partial charge in [0.2, 0.25) is 15.9 Å². The molecule has 3 rings (SSSR count). The zero-order chi connectivity index (χ0) is 19.3. The number of carbonyl (C=O) groups is 1. The smallest absolute Gasteiger partial charge is 0.261 e. The fourth-order valence-electron chi connectivity index (χ4n) is 2.28. The number of aromatic nitrogens is 1. The highest BCUT2D eigenvalue weighted by Crippen LogP contribution is 2.24. The lowest BCUT2D eigenvalue weighted by Crippen LogP contribution is -2.14. The fraction of sp³-hybridized carbons (Fsp3) is 0.0526. The minimum Gasteiger partial charge on any atom is -0.438 e. The molecule has 0 spiro atoms. The number of rotatable bonds is 6. The van der Waals surface area contributed by atoms with Crippen LogP contribution in [0.15, 0.2) is 72.9 Å². The molecule has 1 aromatic heterocycles. The molecule has 0 fully saturated rings. The van der Waals surface area contributed by atoms with Gasteiger partial charge in [0.05, 0.1) is 6.26 Å². The zero-order valence-electron chi connectivity index (χ0n) is 14.4. The Hall–Kier alpha value is -3.39. The molecule has 7 nitrogen and oxygen atoms in total. The number of benzene rings is 2. The molecule has 1 amide bonds. The summed E-state index contributed by atoms with van der Waals surface area (Å²) in [6.45, 7) is 0. The van der Waals surface area contributed by atoms with Crippen molar-refractivity contribution >= 4 is 27.3 Å². The standard InChI is InChI=1S/C19H17N3O4S/c1-27(24,25)22-15-11-9-14(10-12-15)21-18(23)17-8-5-13-20-19(17)26-16-6-3-2-4-7-16/h2-13,22H,1H3,(H,21,23). The summed E-state index contributed by atoms with van der Waals surface area (Å²) in [5, 5.41) is 2.74. The van der Waals surface area contributed by atoms with Crippen LogP contribution >= 0.6 is 0 Å². The molecule has 0 saturated heterocycles. The third kappa shape index (κ3) is 5.29. The first-order valence-electron chi connectivity index (χ1n) is 7.98. The topological polar surface area (TPSA) is 97.4 Å². The van der Waals surface area contributed by atoms with Gasteiger partial charge in [-0.2, -0.15) is 0 Å². The van der Waals surface area contributed by atoms with Gasteiger partial charge in [-0.1, -0.05) is 18.2 Å². The number of hydrogen-bond donors (Lipinski definition) is 2. The van der Waals surface area contributed by atoms with E-state index in [1.165, 1.54) is 0 Å². The van der Waals surface area contributed by atoms with Crippen molar-refractivity contribution in [2.45, 2.75) is 0 Å². The van der Waals surface area contributed by atoms with E-state index in [0.717, 1.165) is 6.26 Å². The van der Waals surface area contributed by atoms with Crippen LogP contribution in [0.2, 0.25) is 0 Å². The van der Waals surface area contributed by atoms with Gasteiger partial charge in [0.15, 0.2) is 0 Å². The molecule has 2 aromatic carbocycles. The predicted octanol–water partition coefficient (Wildman–Crippen LogP) is 3.50. The van der Waals surface area contributed by atoms with Gasteiger partial charge in [-0.3, -0.25) is 9.52 Å². The third-order valence-corrected chi connectivity index (χ3v) is 4.03. The molecule has 0 saturated carbocycles. The Morgan fingerprint density at radius 2 is 1.59 bits per heavy atom. The number of pyridine rings is 1. The maximum atomic E-state index is 12.6. The number of carbonyl (C=O) groups excluding carboxylic acids is 1. The van der Waals surface area contributed by atoms with Gasteiger partial charge < -0.3 is 10.1 Å². The van der Waals surface area contributed by atoms with E-state index in [2.05, 4.69) is 15.0 Å². The summed E-state index contributed by atoms with van der Waals surface area (Å²) in [7, 11) is -3.35. The van der Waals surface area contributed by atoms with E-state index < -0.39 is 15.9 Å². The van der Waals surface area contributed by atoms with Crippen LogP contribution < -0.4 is 14.8 Å². The second-order valence-electron chi connectivity index (χ2n) is 5.68. The summed E-state index contributed by atoms with van der Waals surface area (Å²) in [4.78, 5) is 16.7. The molecular weight excluding hydrogens is 366 g/mol. The molecule has 0 atom stereocenters. The van der Waals surface area contributed by atoms with Crippen molar-refractivity contribution < 1.29 is 17.9 Å². The lowest BCUT2D eigenvalue weighted by molar-refractivity contribution is 0.102. The highest BCUT2D eigenvalue weighted by molar-refractivity contribution is 7.92.